The Hall–Kier alpha value is -10.3. The highest BCUT2D eigenvalue weighted by molar-refractivity contribution is 5.83. The summed E-state index contributed by atoms with van der Waals surface area (Å²) in [4.78, 5) is 98.2. The number of carbonyl (C=O) groups is 6. The minimum absolute atomic E-state index is 0.0532. The van der Waals surface area contributed by atoms with Crippen LogP contribution in [0.5, 0.6) is 0 Å². The Labute approximate surface area is 551 Å². The molecule has 2 aliphatic heterocycles. The summed E-state index contributed by atoms with van der Waals surface area (Å²) in [6.45, 7) is 10.9. The maximum atomic E-state index is 13.1. The van der Waals surface area contributed by atoms with Gasteiger partial charge in [0, 0.05) is 75.9 Å². The van der Waals surface area contributed by atoms with Crippen molar-refractivity contribution in [3.63, 3.8) is 0 Å². The van der Waals surface area contributed by atoms with Gasteiger partial charge in [-0.25, -0.2) is 53.9 Å². The lowest BCUT2D eigenvalue weighted by Gasteiger charge is -2.34. The van der Waals surface area contributed by atoms with Gasteiger partial charge in [-0.1, -0.05) is 86.6 Å². The molecule has 0 spiro atoms. The van der Waals surface area contributed by atoms with Gasteiger partial charge in [0.05, 0.1) is 0 Å². The van der Waals surface area contributed by atoms with Gasteiger partial charge in [0.2, 0.25) is 0 Å². The molecule has 0 bridgehead atoms. The van der Waals surface area contributed by atoms with Crippen molar-refractivity contribution in [3.05, 3.63) is 144 Å². The molecule has 9 N–H and O–H groups in total. The topological polar surface area (TPSA) is 347 Å². The minimum atomic E-state index is -5.08. The number of nitrogens with one attached hydrogen (secondary N) is 6. The van der Waals surface area contributed by atoms with E-state index in [1.807, 2.05) is 104 Å². The van der Waals surface area contributed by atoms with Crippen LogP contribution in [-0.4, -0.2) is 165 Å². The lowest BCUT2D eigenvalue weighted by atomic mass is 9.96. The average Bonchev–Trinajstić information content (AvgIpc) is 0.829. The summed E-state index contributed by atoms with van der Waals surface area (Å²) in [5.41, 5.74) is 2.81. The van der Waals surface area contributed by atoms with Crippen molar-refractivity contribution in [3.8, 4) is 0 Å². The number of carbonyl (C=O) groups excluding carboxylic acids is 3. The summed E-state index contributed by atoms with van der Waals surface area (Å²) in [6.07, 6.45) is 5.49. The van der Waals surface area contributed by atoms with Crippen LogP contribution in [0, 0.1) is 11.8 Å². The maximum absolute atomic E-state index is 13.1. The molecule has 2 atom stereocenters. The molecule has 0 radical (unpaired) electrons. The number of pyridine rings is 2. The van der Waals surface area contributed by atoms with Crippen LogP contribution < -0.4 is 41.7 Å². The predicted octanol–water partition coefficient (Wildman–Crippen LogP) is 9.88. The van der Waals surface area contributed by atoms with Crippen molar-refractivity contribution in [2.75, 3.05) is 83.4 Å². The normalized spacial score (nSPS) is 13.6. The zero-order valence-corrected chi connectivity index (χ0v) is 53.7. The second-order valence-electron chi connectivity index (χ2n) is 22.1. The van der Waals surface area contributed by atoms with E-state index in [4.69, 9.17) is 34.0 Å². The third-order valence-electron chi connectivity index (χ3n) is 14.0. The van der Waals surface area contributed by atoms with Crippen molar-refractivity contribution >= 4 is 71.5 Å². The first-order valence-electron chi connectivity index (χ1n) is 30.5. The molecule has 2 aliphatic rings. The Morgan fingerprint density at radius 1 is 0.583 bits per heavy atom. The Bertz CT molecular complexity index is 3270. The molecule has 0 saturated carbocycles. The van der Waals surface area contributed by atoms with Crippen molar-refractivity contribution in [2.45, 2.75) is 117 Å². The largest absolute Gasteiger partial charge is 0.490 e. The van der Waals surface area contributed by atoms with Gasteiger partial charge >= 0.3 is 42.9 Å². The zero-order chi connectivity index (χ0) is 70.5. The molecule has 2 saturated heterocycles. The van der Waals surface area contributed by atoms with Crippen LogP contribution in [0.2, 0.25) is 0 Å². The van der Waals surface area contributed by atoms with Gasteiger partial charge in [-0.3, -0.25) is 4.79 Å². The summed E-state index contributed by atoms with van der Waals surface area (Å²) >= 11 is 0. The van der Waals surface area contributed by atoms with Gasteiger partial charge < -0.3 is 71.2 Å². The number of alkyl carbamates (subject to hydrolysis) is 2. The van der Waals surface area contributed by atoms with E-state index in [2.05, 4.69) is 78.5 Å². The smallest absolute Gasteiger partial charge is 0.483 e. The van der Waals surface area contributed by atoms with Crippen molar-refractivity contribution in [1.82, 2.24) is 40.5 Å². The van der Waals surface area contributed by atoms with Crippen LogP contribution in [0.1, 0.15) is 82.6 Å². The molecule has 26 nitrogen and oxygen atoms in total. The molecule has 6 heterocycles. The second kappa shape index (κ2) is 41.4. The van der Waals surface area contributed by atoms with E-state index in [0.29, 0.717) is 36.3 Å². The molecule has 0 unspecified atom stereocenters. The maximum Gasteiger partial charge on any atom is 0.490 e. The number of anilines is 6. The molecular weight excluding hydrogens is 1270 g/mol. The van der Waals surface area contributed by atoms with Crippen molar-refractivity contribution in [2.24, 2.45) is 11.8 Å². The summed E-state index contributed by atoms with van der Waals surface area (Å²) in [5, 5.41) is 42.0. The number of halogens is 6. The zero-order valence-electron chi connectivity index (χ0n) is 53.7. The molecule has 32 heteroatoms. The van der Waals surface area contributed by atoms with Gasteiger partial charge in [0.25, 0.3) is 6.47 Å². The number of ether oxygens (including phenoxy) is 3. The number of carboxylic acids is 2. The van der Waals surface area contributed by atoms with E-state index < -0.39 is 60.6 Å². The molecule has 0 aliphatic carbocycles. The highest BCUT2D eigenvalue weighted by Crippen LogP contribution is 2.31. The van der Waals surface area contributed by atoms with Crippen LogP contribution in [0.15, 0.2) is 122 Å². The molecule has 522 valence electrons. The van der Waals surface area contributed by atoms with Crippen LogP contribution in [0.4, 0.5) is 70.8 Å². The lowest BCUT2D eigenvalue weighted by Crippen LogP contribution is -2.48. The van der Waals surface area contributed by atoms with Crippen LogP contribution in [0.3, 0.4) is 0 Å². The minimum Gasteiger partial charge on any atom is -0.483 e. The van der Waals surface area contributed by atoms with E-state index in [0.717, 1.165) is 110 Å². The Morgan fingerprint density at radius 3 is 1.28 bits per heavy atom. The number of hydrogen-bond acceptors (Lipinski definition) is 21. The quantitative estimate of drug-likeness (QED) is 0.0118. The first-order valence-corrected chi connectivity index (χ1v) is 30.5. The van der Waals surface area contributed by atoms with Crippen LogP contribution in [-0.2, 0) is 59.4 Å². The average molecular weight is 1350 g/mol. The molecule has 96 heavy (non-hydrogen) atoms. The third-order valence-corrected chi connectivity index (χ3v) is 14.0. The van der Waals surface area contributed by atoms with Gasteiger partial charge in [-0.15, -0.1) is 0 Å². The third kappa shape index (κ3) is 29.8. The van der Waals surface area contributed by atoms with E-state index in [1.54, 1.807) is 33.2 Å². The number of rotatable bonds is 24. The number of nitrogens with zero attached hydrogens (tertiary/aromatic N) is 8. The number of alkyl halides is 6. The number of esters is 1. The highest BCUT2D eigenvalue weighted by Gasteiger charge is 2.38. The number of amides is 2. The Morgan fingerprint density at radius 2 is 0.948 bits per heavy atom. The van der Waals surface area contributed by atoms with Crippen LogP contribution in [0.25, 0.3) is 0 Å². The molecule has 2 fully saturated rings. The van der Waals surface area contributed by atoms with Crippen LogP contribution >= 0.6 is 0 Å². The molecule has 4 aromatic heterocycles. The van der Waals surface area contributed by atoms with E-state index in [9.17, 15) is 50.6 Å². The number of aromatic nitrogens is 6. The fourth-order valence-corrected chi connectivity index (χ4v) is 9.41. The predicted molar refractivity (Wildman–Crippen MR) is 345 cm³/mol. The summed E-state index contributed by atoms with van der Waals surface area (Å²) in [6, 6.07) is 28.1. The molecule has 2 amide bonds. The van der Waals surface area contributed by atoms with Crippen molar-refractivity contribution < 1.29 is 84.6 Å². The molecular formula is C64H82F6N14O12. The second-order valence-corrected chi connectivity index (χ2v) is 22.1. The van der Waals surface area contributed by atoms with Gasteiger partial charge in [-0.2, -0.15) is 26.3 Å². The van der Waals surface area contributed by atoms with Gasteiger partial charge in [0.15, 0.2) is 0 Å². The monoisotopic (exact) mass is 1350 g/mol. The standard InChI is InChI=1S/C32H43N7O4.C28H35N7O4.C2HF3O2.CHF3.CH2O2/c1-5-25-28(36-22-37-29(25)39-17-14-23(15-18-39)19-34-27-13-9-10-16-33-27)35-20-26(30(40)43-32(2,3)4)38-31(41)42-21-24-11-7-6-8-12-24;1-2-22-25(31-17-23(27(36)37)34-28(38)39-18-21-8-4-3-5-9-21)32-19-33-26(22)35-14-11-20(12-15-35)16-30-24-10-6-7-13-29-24;3-2(4,5)1(6)7;2-1(3)4;2-1-3/h6-13,16,22-23,26H,5,14-15,17-21H2,1-4H3,(H,33,34)(H,38,41)(H,35,36,37);3-10,13,19-20,23H,2,11-12,14-18H2,1H3,(H,29,30)(H,34,38)(H,36,37)(H,31,32,33);(H,6,7);1H;1H,(H,2,3)/t26-;23-;;;/m00.../s1. The molecule has 8 rings (SSSR count). The van der Waals surface area contributed by atoms with Gasteiger partial charge in [-0.05, 0) is 107 Å². The summed E-state index contributed by atoms with van der Waals surface area (Å²) < 4.78 is 76.9. The molecule has 6 aromatic rings. The summed E-state index contributed by atoms with van der Waals surface area (Å²) in [7, 11) is 0. The number of benzene rings is 2. The van der Waals surface area contributed by atoms with E-state index >= 15 is 0 Å². The van der Waals surface area contributed by atoms with Crippen molar-refractivity contribution in [1.29, 1.82) is 0 Å². The number of carboxylic acid groups (broad SMARTS) is 3. The fraction of sp³-hybridized carbons (Fsp3) is 0.438. The lowest BCUT2D eigenvalue weighted by molar-refractivity contribution is -0.192. The van der Waals surface area contributed by atoms with Gasteiger partial charge in [0.1, 0.15) is 78.5 Å². The number of hydrogen-bond donors (Lipinski definition) is 9. The number of aliphatic carboxylic acids is 2. The SMILES string of the molecule is CCc1c(NC[C@H](NC(=O)OCc2ccccc2)C(=O)O)ncnc1N1CCC(CNc2ccccn2)CC1.CCc1c(NC[C@H](NC(=O)OCc2ccccc2)C(=O)OC(C)(C)C)ncnc1N1CCC(CNc2ccccn2)CC1.FC(F)F.O=C(O)C(F)(F)F.O=CO. The van der Waals surface area contributed by atoms with E-state index in [-0.39, 0.29) is 32.8 Å². The molecule has 2 aromatic carbocycles. The summed E-state index contributed by atoms with van der Waals surface area (Å²) in [5.74, 6) is 1.30. The fourth-order valence-electron chi connectivity index (χ4n) is 9.41. The first-order chi connectivity index (χ1) is 45.8. The Balaban J connectivity index is 0.000000342. The Kier molecular flexibility index (Phi) is 33.7. The highest BCUT2D eigenvalue weighted by atomic mass is 19.4. The van der Waals surface area contributed by atoms with E-state index in [1.165, 1.54) is 12.7 Å². The number of piperidine rings is 2. The first kappa shape index (κ1) is 78.1.